The molecule has 3 aromatic carbocycles. The Morgan fingerprint density at radius 2 is 1.72 bits per heavy atom. The van der Waals surface area contributed by atoms with E-state index in [2.05, 4.69) is 21.2 Å². The number of anilines is 1. The van der Waals surface area contributed by atoms with Crippen LogP contribution in [0.3, 0.4) is 0 Å². The predicted octanol–water partition coefficient (Wildman–Crippen LogP) is 5.54. The maximum absolute atomic E-state index is 13.2. The molecule has 1 N–H and O–H groups in total. The van der Waals surface area contributed by atoms with Gasteiger partial charge in [0, 0.05) is 4.47 Å². The molecule has 36 heavy (non-hydrogen) atoms. The zero-order chi connectivity index (χ0) is 25.8. The molecule has 3 aromatic rings. The van der Waals surface area contributed by atoms with Gasteiger partial charge in [-0.15, -0.1) is 0 Å². The minimum absolute atomic E-state index is 0.195. The molecule has 0 unspecified atom stereocenters. The van der Waals surface area contributed by atoms with Gasteiger partial charge in [0.1, 0.15) is 18.0 Å². The molecule has 1 fully saturated rings. The molecule has 1 aliphatic heterocycles. The number of ether oxygens (including phenoxy) is 2. The summed E-state index contributed by atoms with van der Waals surface area (Å²) in [5.74, 6) is -0.989. The van der Waals surface area contributed by atoms with Crippen LogP contribution in [0.25, 0.3) is 6.08 Å². The summed E-state index contributed by atoms with van der Waals surface area (Å²) >= 11 is 3.36. The molecule has 0 radical (unpaired) electrons. The summed E-state index contributed by atoms with van der Waals surface area (Å²) in [4.78, 5) is 39.3. The van der Waals surface area contributed by atoms with Gasteiger partial charge in [0.15, 0.2) is 11.5 Å². The van der Waals surface area contributed by atoms with Crippen molar-refractivity contribution in [1.82, 2.24) is 5.32 Å². The number of hydrogen-bond acceptors (Lipinski definition) is 5. The number of barbiturate groups is 1. The molecule has 9 heteroatoms. The lowest BCUT2D eigenvalue weighted by atomic mass is 10.1. The molecule has 0 atom stereocenters. The largest absolute Gasteiger partial charge is 0.490 e. The highest BCUT2D eigenvalue weighted by molar-refractivity contribution is 9.10. The molecule has 4 rings (SSSR count). The number of nitrogens with one attached hydrogen (secondary N) is 1. The maximum Gasteiger partial charge on any atom is 0.335 e. The number of hydrogen-bond donors (Lipinski definition) is 1. The van der Waals surface area contributed by atoms with Gasteiger partial charge < -0.3 is 9.47 Å². The highest BCUT2D eigenvalue weighted by Crippen LogP contribution is 2.32. The number of benzene rings is 3. The van der Waals surface area contributed by atoms with Crippen molar-refractivity contribution in [3.05, 3.63) is 93.2 Å². The third kappa shape index (κ3) is 5.46. The van der Waals surface area contributed by atoms with Gasteiger partial charge in [-0.25, -0.2) is 14.1 Å². The lowest BCUT2D eigenvalue weighted by molar-refractivity contribution is -0.122. The van der Waals surface area contributed by atoms with Gasteiger partial charge in [-0.1, -0.05) is 34.1 Å². The second-order valence-corrected chi connectivity index (χ2v) is 8.86. The fraction of sp³-hybridized carbons (Fsp3) is 0.148. The zero-order valence-electron chi connectivity index (χ0n) is 19.5. The third-order valence-corrected chi connectivity index (χ3v) is 5.88. The summed E-state index contributed by atoms with van der Waals surface area (Å²) in [7, 11) is 0. The van der Waals surface area contributed by atoms with Crippen molar-refractivity contribution in [1.29, 1.82) is 0 Å². The van der Waals surface area contributed by atoms with Gasteiger partial charge >= 0.3 is 6.03 Å². The molecule has 1 heterocycles. The van der Waals surface area contributed by atoms with Crippen molar-refractivity contribution < 1.29 is 28.2 Å². The Labute approximate surface area is 215 Å². The van der Waals surface area contributed by atoms with Crippen LogP contribution in [0.4, 0.5) is 14.9 Å². The summed E-state index contributed by atoms with van der Waals surface area (Å²) in [6.45, 7) is 4.14. The van der Waals surface area contributed by atoms with E-state index in [4.69, 9.17) is 9.47 Å². The molecular weight excluding hydrogens is 531 g/mol. The van der Waals surface area contributed by atoms with Crippen LogP contribution in [-0.2, 0) is 16.2 Å². The van der Waals surface area contributed by atoms with Crippen molar-refractivity contribution >= 4 is 45.5 Å². The number of carbonyl (C=O) groups is 3. The van der Waals surface area contributed by atoms with Crippen molar-refractivity contribution in [3.8, 4) is 11.5 Å². The summed E-state index contributed by atoms with van der Waals surface area (Å²) in [5.41, 5.74) is 2.15. The first-order valence-corrected chi connectivity index (χ1v) is 11.9. The van der Waals surface area contributed by atoms with Gasteiger partial charge in [-0.2, -0.15) is 0 Å². The first-order chi connectivity index (χ1) is 17.3. The second-order valence-electron chi connectivity index (χ2n) is 7.94. The Hall–Kier alpha value is -3.98. The van der Waals surface area contributed by atoms with E-state index >= 15 is 0 Å². The number of amides is 4. The van der Waals surface area contributed by atoms with Crippen molar-refractivity contribution in [2.24, 2.45) is 0 Å². The number of halogens is 2. The minimum Gasteiger partial charge on any atom is -0.490 e. The Kier molecular flexibility index (Phi) is 7.49. The summed E-state index contributed by atoms with van der Waals surface area (Å²) in [6, 6.07) is 15.2. The Bertz CT molecular complexity index is 1370. The van der Waals surface area contributed by atoms with Crippen LogP contribution in [0.1, 0.15) is 23.6 Å². The lowest BCUT2D eigenvalue weighted by Crippen LogP contribution is -2.54. The van der Waals surface area contributed by atoms with Gasteiger partial charge in [0.25, 0.3) is 11.8 Å². The van der Waals surface area contributed by atoms with Crippen LogP contribution in [0, 0.1) is 12.7 Å². The zero-order valence-corrected chi connectivity index (χ0v) is 21.1. The molecule has 1 saturated heterocycles. The van der Waals surface area contributed by atoms with Crippen molar-refractivity contribution in [2.45, 2.75) is 20.5 Å². The van der Waals surface area contributed by atoms with E-state index in [1.165, 1.54) is 18.2 Å². The topological polar surface area (TPSA) is 84.9 Å². The highest BCUT2D eigenvalue weighted by atomic mass is 79.9. The van der Waals surface area contributed by atoms with Crippen LogP contribution in [0.15, 0.2) is 70.7 Å². The second kappa shape index (κ2) is 10.7. The van der Waals surface area contributed by atoms with E-state index in [0.29, 0.717) is 34.9 Å². The fourth-order valence-corrected chi connectivity index (χ4v) is 4.13. The number of urea groups is 1. The summed E-state index contributed by atoms with van der Waals surface area (Å²) < 4.78 is 25.5. The summed E-state index contributed by atoms with van der Waals surface area (Å²) in [5, 5.41) is 2.23. The molecule has 0 aromatic heterocycles. The highest BCUT2D eigenvalue weighted by Gasteiger charge is 2.37. The molecule has 0 aliphatic carbocycles. The van der Waals surface area contributed by atoms with E-state index in [9.17, 15) is 18.8 Å². The first kappa shape index (κ1) is 25.1. The maximum atomic E-state index is 13.2. The number of rotatable bonds is 7. The van der Waals surface area contributed by atoms with Gasteiger partial charge in [-0.3, -0.25) is 14.9 Å². The molecule has 1 aliphatic rings. The van der Waals surface area contributed by atoms with E-state index < -0.39 is 17.8 Å². The van der Waals surface area contributed by atoms with E-state index in [-0.39, 0.29) is 18.0 Å². The fourth-order valence-electron chi connectivity index (χ4n) is 3.66. The van der Waals surface area contributed by atoms with Gasteiger partial charge in [-0.05, 0) is 79.1 Å². The summed E-state index contributed by atoms with van der Waals surface area (Å²) in [6.07, 6.45) is 1.40. The smallest absolute Gasteiger partial charge is 0.335 e. The van der Waals surface area contributed by atoms with Crippen LogP contribution in [-0.4, -0.2) is 24.5 Å². The molecule has 0 bridgehead atoms. The molecule has 184 valence electrons. The number of carbonyl (C=O) groups excluding carboxylic acids is 3. The number of aryl methyl sites for hydroxylation is 1. The number of nitrogens with zero attached hydrogens (tertiary/aromatic N) is 1. The average Bonchev–Trinajstić information content (AvgIpc) is 2.83. The van der Waals surface area contributed by atoms with Crippen LogP contribution in [0.2, 0.25) is 0 Å². The van der Waals surface area contributed by atoms with E-state index in [1.807, 2.05) is 6.92 Å². The monoisotopic (exact) mass is 552 g/mol. The minimum atomic E-state index is -0.813. The SMILES string of the molecule is CCOc1cc(/C=C2/C(=O)NC(=O)N(c3ccc(Br)cc3C)C2=O)ccc1OCc1ccc(F)cc1. The number of imide groups is 2. The predicted molar refractivity (Wildman–Crippen MR) is 136 cm³/mol. The molecule has 0 saturated carbocycles. The van der Waals surface area contributed by atoms with Gasteiger partial charge in [0.05, 0.1) is 12.3 Å². The van der Waals surface area contributed by atoms with Crippen molar-refractivity contribution in [3.63, 3.8) is 0 Å². The van der Waals surface area contributed by atoms with E-state index in [1.54, 1.807) is 55.5 Å². The molecular formula is C27H22BrFN2O5. The Morgan fingerprint density at radius 1 is 0.972 bits per heavy atom. The first-order valence-electron chi connectivity index (χ1n) is 11.1. The van der Waals surface area contributed by atoms with Crippen LogP contribution in [0.5, 0.6) is 11.5 Å². The van der Waals surface area contributed by atoms with Crippen molar-refractivity contribution in [2.75, 3.05) is 11.5 Å². The molecule has 0 spiro atoms. The van der Waals surface area contributed by atoms with Crippen LogP contribution < -0.4 is 19.7 Å². The Balaban J connectivity index is 1.62. The normalized spacial score (nSPS) is 14.7. The lowest BCUT2D eigenvalue weighted by Gasteiger charge is -2.27. The molecule has 4 amide bonds. The van der Waals surface area contributed by atoms with Crippen LogP contribution >= 0.6 is 15.9 Å². The van der Waals surface area contributed by atoms with E-state index in [0.717, 1.165) is 14.9 Å². The van der Waals surface area contributed by atoms with Gasteiger partial charge in [0.2, 0.25) is 0 Å². The quantitative estimate of drug-likeness (QED) is 0.307. The average molecular weight is 553 g/mol. The third-order valence-electron chi connectivity index (χ3n) is 5.39. The molecule has 7 nitrogen and oxygen atoms in total. The standard InChI is InChI=1S/C27H22BrFN2O5/c1-3-35-24-14-18(6-11-23(24)36-15-17-4-8-20(29)9-5-17)13-21-25(32)30-27(34)31(26(21)33)22-10-7-19(28)12-16(22)2/h4-14H,3,15H2,1-2H3,(H,30,32,34)/b21-13-. The Morgan fingerprint density at radius 3 is 2.42 bits per heavy atom.